The number of nitrogens with zero attached hydrogens (tertiary/aromatic N) is 2. The summed E-state index contributed by atoms with van der Waals surface area (Å²) in [5.41, 5.74) is 2.25. The van der Waals surface area contributed by atoms with Crippen LogP contribution in [-0.4, -0.2) is 19.2 Å². The number of nitriles is 1. The minimum atomic E-state index is 0.380. The summed E-state index contributed by atoms with van der Waals surface area (Å²) in [7, 11) is 3.10. The minimum absolute atomic E-state index is 0.380. The van der Waals surface area contributed by atoms with Gasteiger partial charge in [0.05, 0.1) is 46.7 Å². The van der Waals surface area contributed by atoms with Crippen LogP contribution in [0.15, 0.2) is 36.5 Å². The third-order valence-corrected chi connectivity index (χ3v) is 4.30. The zero-order chi connectivity index (χ0) is 18.0. The van der Waals surface area contributed by atoms with E-state index in [1.807, 2.05) is 18.2 Å². The van der Waals surface area contributed by atoms with Gasteiger partial charge in [-0.1, -0.05) is 23.2 Å². The molecule has 0 fully saturated rings. The lowest BCUT2D eigenvalue weighted by atomic mass is 10.1. The Hall–Kier alpha value is -2.68. The number of aromatic nitrogens is 1. The number of anilines is 2. The molecule has 126 valence electrons. The van der Waals surface area contributed by atoms with Gasteiger partial charge in [-0.3, -0.25) is 4.98 Å². The third-order valence-electron chi connectivity index (χ3n) is 3.70. The highest BCUT2D eigenvalue weighted by Gasteiger charge is 2.14. The molecule has 2 aromatic carbocycles. The second kappa shape index (κ2) is 7.06. The molecule has 3 rings (SSSR count). The number of nitrogens with one attached hydrogen (secondary N) is 1. The molecule has 1 heterocycles. The summed E-state index contributed by atoms with van der Waals surface area (Å²) in [6.45, 7) is 0. The van der Waals surface area contributed by atoms with Gasteiger partial charge in [-0.25, -0.2) is 0 Å². The van der Waals surface area contributed by atoms with Crippen molar-refractivity contribution in [2.75, 3.05) is 19.5 Å². The van der Waals surface area contributed by atoms with Gasteiger partial charge in [-0.15, -0.1) is 0 Å². The lowest BCUT2D eigenvalue weighted by Gasteiger charge is -2.15. The molecule has 3 aromatic rings. The van der Waals surface area contributed by atoms with Gasteiger partial charge in [-0.2, -0.15) is 5.26 Å². The lowest BCUT2D eigenvalue weighted by molar-refractivity contribution is 0.415. The van der Waals surface area contributed by atoms with E-state index >= 15 is 0 Å². The number of hydrogen-bond donors (Lipinski definition) is 1. The van der Waals surface area contributed by atoms with E-state index in [4.69, 9.17) is 32.7 Å². The number of hydrogen-bond acceptors (Lipinski definition) is 5. The fourth-order valence-electron chi connectivity index (χ4n) is 2.43. The molecular weight excluding hydrogens is 361 g/mol. The number of methoxy groups -OCH3 is 2. The van der Waals surface area contributed by atoms with Gasteiger partial charge in [0.15, 0.2) is 0 Å². The van der Waals surface area contributed by atoms with Crippen LogP contribution < -0.4 is 14.8 Å². The topological polar surface area (TPSA) is 67.2 Å². The van der Waals surface area contributed by atoms with Gasteiger partial charge in [0.25, 0.3) is 0 Å². The summed E-state index contributed by atoms with van der Waals surface area (Å²) < 4.78 is 10.5. The Kier molecular flexibility index (Phi) is 4.84. The summed E-state index contributed by atoms with van der Waals surface area (Å²) >= 11 is 12.4. The van der Waals surface area contributed by atoms with E-state index in [0.29, 0.717) is 38.5 Å². The quantitative estimate of drug-likeness (QED) is 0.682. The van der Waals surface area contributed by atoms with Crippen LogP contribution in [0.4, 0.5) is 11.4 Å². The van der Waals surface area contributed by atoms with E-state index in [2.05, 4.69) is 16.4 Å². The van der Waals surface area contributed by atoms with Crippen molar-refractivity contribution in [3.8, 4) is 17.6 Å². The van der Waals surface area contributed by atoms with E-state index < -0.39 is 0 Å². The molecule has 25 heavy (non-hydrogen) atoms. The molecule has 1 aromatic heterocycles. The van der Waals surface area contributed by atoms with Crippen molar-refractivity contribution in [2.24, 2.45) is 0 Å². The molecule has 0 amide bonds. The number of fused-ring (bicyclic) bond motifs is 1. The first-order valence-corrected chi connectivity index (χ1v) is 8.00. The fraction of sp³-hybridized carbons (Fsp3) is 0.111. The van der Waals surface area contributed by atoms with Crippen molar-refractivity contribution in [3.63, 3.8) is 0 Å². The highest BCUT2D eigenvalue weighted by Crippen LogP contribution is 2.38. The summed E-state index contributed by atoms with van der Waals surface area (Å²) in [5, 5.41) is 14.2. The number of halogens is 2. The standard InChI is InChI=1S/C18H13Cl2N3O2/c1-24-11-3-4-15-12(5-11)18(10(8-21)9-22-15)23-16-7-17(25-2)14(20)6-13(16)19/h3-7,9H,1-2H3,(H,22,23). The second-order valence-corrected chi connectivity index (χ2v) is 5.95. The Labute approximate surface area is 154 Å². The van der Waals surface area contributed by atoms with E-state index in [1.165, 1.54) is 13.3 Å². The van der Waals surface area contributed by atoms with Crippen molar-refractivity contribution < 1.29 is 9.47 Å². The molecular formula is C18H13Cl2N3O2. The van der Waals surface area contributed by atoms with Crippen molar-refractivity contribution in [2.45, 2.75) is 0 Å². The van der Waals surface area contributed by atoms with Crippen molar-refractivity contribution >= 4 is 45.5 Å². The third kappa shape index (κ3) is 3.27. The van der Waals surface area contributed by atoms with E-state index in [1.54, 1.807) is 19.2 Å². The van der Waals surface area contributed by atoms with Gasteiger partial charge in [-0.05, 0) is 24.3 Å². The maximum atomic E-state index is 9.46. The maximum absolute atomic E-state index is 9.46. The fourth-order valence-corrected chi connectivity index (χ4v) is 2.94. The van der Waals surface area contributed by atoms with E-state index in [-0.39, 0.29) is 0 Å². The van der Waals surface area contributed by atoms with Crippen LogP contribution >= 0.6 is 23.2 Å². The SMILES string of the molecule is COc1ccc2ncc(C#N)c(Nc3cc(OC)c(Cl)cc3Cl)c2c1. The molecule has 7 heteroatoms. The summed E-state index contributed by atoms with van der Waals surface area (Å²) in [6, 6.07) is 10.8. The Morgan fingerprint density at radius 3 is 2.56 bits per heavy atom. The van der Waals surface area contributed by atoms with Crippen LogP contribution in [0.3, 0.4) is 0 Å². The van der Waals surface area contributed by atoms with Gasteiger partial charge in [0, 0.05) is 17.6 Å². The predicted octanol–water partition coefficient (Wildman–Crippen LogP) is 5.17. The smallest absolute Gasteiger partial charge is 0.139 e. The highest BCUT2D eigenvalue weighted by molar-refractivity contribution is 6.37. The van der Waals surface area contributed by atoms with E-state index in [0.717, 1.165) is 10.9 Å². The molecule has 5 nitrogen and oxygen atoms in total. The normalized spacial score (nSPS) is 10.4. The first-order valence-electron chi connectivity index (χ1n) is 7.24. The Balaban J connectivity index is 2.20. The number of benzene rings is 2. The number of pyridine rings is 1. The van der Waals surface area contributed by atoms with Crippen molar-refractivity contribution in [1.82, 2.24) is 4.98 Å². The molecule has 0 unspecified atom stereocenters. The first kappa shape index (κ1) is 17.2. The van der Waals surface area contributed by atoms with Gasteiger partial charge >= 0.3 is 0 Å². The zero-order valence-electron chi connectivity index (χ0n) is 13.4. The number of rotatable bonds is 4. The lowest BCUT2D eigenvalue weighted by Crippen LogP contribution is -1.99. The van der Waals surface area contributed by atoms with Crippen LogP contribution in [0.5, 0.6) is 11.5 Å². The summed E-state index contributed by atoms with van der Waals surface area (Å²) in [5.74, 6) is 1.13. The molecule has 0 aliphatic heterocycles. The molecule has 0 spiro atoms. The Morgan fingerprint density at radius 1 is 1.08 bits per heavy atom. The molecule has 0 radical (unpaired) electrons. The van der Waals surface area contributed by atoms with Crippen LogP contribution in [-0.2, 0) is 0 Å². The Bertz CT molecular complexity index is 1000. The molecule has 0 saturated carbocycles. The van der Waals surface area contributed by atoms with Crippen LogP contribution in [0.25, 0.3) is 10.9 Å². The summed E-state index contributed by atoms with van der Waals surface area (Å²) in [4.78, 5) is 4.30. The molecule has 0 aliphatic carbocycles. The van der Waals surface area contributed by atoms with Crippen LogP contribution in [0.2, 0.25) is 10.0 Å². The largest absolute Gasteiger partial charge is 0.497 e. The van der Waals surface area contributed by atoms with Crippen LogP contribution in [0, 0.1) is 11.3 Å². The molecule has 0 aliphatic rings. The zero-order valence-corrected chi connectivity index (χ0v) is 14.9. The average molecular weight is 374 g/mol. The van der Waals surface area contributed by atoms with Crippen LogP contribution in [0.1, 0.15) is 5.56 Å². The molecule has 0 bridgehead atoms. The second-order valence-electron chi connectivity index (χ2n) is 5.13. The van der Waals surface area contributed by atoms with Gasteiger partial charge < -0.3 is 14.8 Å². The average Bonchev–Trinajstić information content (AvgIpc) is 2.63. The van der Waals surface area contributed by atoms with Gasteiger partial charge in [0.1, 0.15) is 17.6 Å². The van der Waals surface area contributed by atoms with E-state index in [9.17, 15) is 5.26 Å². The van der Waals surface area contributed by atoms with Crippen molar-refractivity contribution in [1.29, 1.82) is 5.26 Å². The number of ether oxygens (including phenoxy) is 2. The maximum Gasteiger partial charge on any atom is 0.139 e. The van der Waals surface area contributed by atoms with Gasteiger partial charge in [0.2, 0.25) is 0 Å². The molecule has 1 N–H and O–H groups in total. The summed E-state index contributed by atoms with van der Waals surface area (Å²) in [6.07, 6.45) is 1.51. The highest BCUT2D eigenvalue weighted by atomic mass is 35.5. The minimum Gasteiger partial charge on any atom is -0.497 e. The monoisotopic (exact) mass is 373 g/mol. The molecule has 0 saturated heterocycles. The predicted molar refractivity (Wildman–Crippen MR) is 99.3 cm³/mol. The Morgan fingerprint density at radius 2 is 1.88 bits per heavy atom. The molecule has 0 atom stereocenters. The first-order chi connectivity index (χ1) is 12.1. The van der Waals surface area contributed by atoms with Crippen molar-refractivity contribution in [3.05, 3.63) is 52.1 Å².